The average molecular weight is 320 g/mol. The largest absolute Gasteiger partial charge is 0.503 e. The van der Waals surface area contributed by atoms with Gasteiger partial charge in [0, 0.05) is 18.6 Å². The number of nitrogens with two attached hydrogens (primary N) is 1. The predicted molar refractivity (Wildman–Crippen MR) is 79.6 cm³/mol. The summed E-state index contributed by atoms with van der Waals surface area (Å²) in [6.45, 7) is 0. The highest BCUT2D eigenvalue weighted by Gasteiger charge is 2.24. The number of primary amides is 1. The molecule has 0 saturated heterocycles. The van der Waals surface area contributed by atoms with Crippen LogP contribution in [0.3, 0.4) is 0 Å². The van der Waals surface area contributed by atoms with Crippen LogP contribution in [0, 0.1) is 11.6 Å². The van der Waals surface area contributed by atoms with Gasteiger partial charge in [-0.05, 0) is 5.56 Å². The summed E-state index contributed by atoms with van der Waals surface area (Å²) >= 11 is 0. The number of carbonyl (C=O) groups is 2. The van der Waals surface area contributed by atoms with Crippen molar-refractivity contribution in [2.24, 2.45) is 5.73 Å². The van der Waals surface area contributed by atoms with Crippen LogP contribution in [0.15, 0.2) is 42.5 Å². The Morgan fingerprint density at radius 2 is 1.83 bits per heavy atom. The van der Waals surface area contributed by atoms with E-state index in [1.54, 1.807) is 30.3 Å². The van der Waals surface area contributed by atoms with E-state index >= 15 is 0 Å². The lowest BCUT2D eigenvalue weighted by molar-refractivity contribution is -0.123. The number of rotatable bonds is 5. The molecule has 0 saturated carbocycles. The van der Waals surface area contributed by atoms with Gasteiger partial charge in [0.15, 0.2) is 11.6 Å². The summed E-state index contributed by atoms with van der Waals surface area (Å²) in [6.07, 6.45) is -0.283. The van der Waals surface area contributed by atoms with E-state index in [1.165, 1.54) is 0 Å². The van der Waals surface area contributed by atoms with Gasteiger partial charge in [0.1, 0.15) is 5.82 Å². The van der Waals surface area contributed by atoms with Crippen molar-refractivity contribution in [1.29, 1.82) is 0 Å². The van der Waals surface area contributed by atoms with Gasteiger partial charge in [0.25, 0.3) is 0 Å². The molecule has 2 aromatic carbocycles. The third-order valence-electron chi connectivity index (χ3n) is 3.21. The van der Waals surface area contributed by atoms with Crippen LogP contribution < -0.4 is 11.1 Å². The Balaban J connectivity index is 2.30. The van der Waals surface area contributed by atoms with Gasteiger partial charge in [0.05, 0.1) is 11.6 Å². The van der Waals surface area contributed by atoms with Gasteiger partial charge in [0.2, 0.25) is 11.8 Å². The first kappa shape index (κ1) is 16.4. The molecule has 0 fully saturated rings. The van der Waals surface area contributed by atoms with E-state index in [-0.39, 0.29) is 6.42 Å². The normalized spacial score (nSPS) is 11.7. The topological polar surface area (TPSA) is 92.4 Å². The van der Waals surface area contributed by atoms with Crippen molar-refractivity contribution in [3.63, 3.8) is 0 Å². The van der Waals surface area contributed by atoms with Crippen LogP contribution in [0.2, 0.25) is 0 Å². The van der Waals surface area contributed by atoms with E-state index in [4.69, 9.17) is 5.73 Å². The van der Waals surface area contributed by atoms with E-state index in [2.05, 4.69) is 5.32 Å². The van der Waals surface area contributed by atoms with Gasteiger partial charge in [-0.15, -0.1) is 0 Å². The highest BCUT2D eigenvalue weighted by Crippen LogP contribution is 2.29. The number of carbonyl (C=O) groups excluding carboxylic acids is 2. The molecule has 2 aromatic rings. The third-order valence-corrected chi connectivity index (χ3v) is 3.21. The second kappa shape index (κ2) is 6.87. The molecule has 4 N–H and O–H groups in total. The Bertz CT molecular complexity index is 736. The average Bonchev–Trinajstić information content (AvgIpc) is 2.50. The van der Waals surface area contributed by atoms with E-state index < -0.39 is 40.8 Å². The van der Waals surface area contributed by atoms with Crippen molar-refractivity contribution in [3.05, 3.63) is 59.7 Å². The van der Waals surface area contributed by atoms with Crippen LogP contribution in [-0.2, 0) is 9.59 Å². The number of anilines is 1. The molecule has 0 unspecified atom stereocenters. The number of hydrogen-bond acceptors (Lipinski definition) is 3. The standard InChI is InChI=1S/C16H14F2N2O3/c17-10-6-12(18)15(22)13(7-10)20-16(23)11(8-14(19)21)9-4-2-1-3-5-9/h1-7,11,22H,8H2,(H2,19,21)(H,20,23)/t11-/m1/s1. The second-order valence-electron chi connectivity index (χ2n) is 4.91. The lowest BCUT2D eigenvalue weighted by Crippen LogP contribution is -2.26. The lowest BCUT2D eigenvalue weighted by Gasteiger charge is -2.16. The molecular weight excluding hydrogens is 306 g/mol. The minimum absolute atomic E-state index is 0.283. The molecule has 120 valence electrons. The van der Waals surface area contributed by atoms with E-state index in [0.29, 0.717) is 11.6 Å². The number of benzene rings is 2. The summed E-state index contributed by atoms with van der Waals surface area (Å²) in [4.78, 5) is 23.5. The highest BCUT2D eigenvalue weighted by molar-refractivity contribution is 5.99. The second-order valence-corrected chi connectivity index (χ2v) is 4.91. The Labute approximate surface area is 130 Å². The maximum absolute atomic E-state index is 13.3. The number of nitrogens with one attached hydrogen (secondary N) is 1. The molecule has 0 spiro atoms. The van der Waals surface area contributed by atoms with E-state index in [0.717, 1.165) is 6.07 Å². The van der Waals surface area contributed by atoms with E-state index in [1.807, 2.05) is 0 Å². The fourth-order valence-electron chi connectivity index (χ4n) is 2.13. The van der Waals surface area contributed by atoms with Crippen molar-refractivity contribution in [2.75, 3.05) is 5.32 Å². The quantitative estimate of drug-likeness (QED) is 0.738. The molecule has 0 aliphatic carbocycles. The number of phenolic OH excluding ortho intramolecular Hbond substituents is 1. The van der Waals surface area contributed by atoms with Gasteiger partial charge in [-0.2, -0.15) is 0 Å². The minimum Gasteiger partial charge on any atom is -0.503 e. The molecule has 0 heterocycles. The van der Waals surface area contributed by atoms with Crippen molar-refractivity contribution in [2.45, 2.75) is 12.3 Å². The van der Waals surface area contributed by atoms with E-state index in [9.17, 15) is 23.5 Å². The maximum atomic E-state index is 13.3. The van der Waals surface area contributed by atoms with Crippen LogP contribution in [0.4, 0.5) is 14.5 Å². The number of aromatic hydroxyl groups is 1. The molecular formula is C16H14F2N2O3. The molecule has 0 aliphatic rings. The smallest absolute Gasteiger partial charge is 0.232 e. The van der Waals surface area contributed by atoms with Gasteiger partial charge in [-0.3, -0.25) is 9.59 Å². The molecule has 5 nitrogen and oxygen atoms in total. The molecule has 1 atom stereocenters. The Kier molecular flexibility index (Phi) is 4.90. The summed E-state index contributed by atoms with van der Waals surface area (Å²) in [5.74, 6) is -5.41. The van der Waals surface area contributed by atoms with Crippen molar-refractivity contribution in [3.8, 4) is 5.75 Å². The van der Waals surface area contributed by atoms with Gasteiger partial charge >= 0.3 is 0 Å². The molecule has 0 bridgehead atoms. The first-order valence-corrected chi connectivity index (χ1v) is 6.70. The highest BCUT2D eigenvalue weighted by atomic mass is 19.1. The molecule has 7 heteroatoms. The Morgan fingerprint density at radius 3 is 2.43 bits per heavy atom. The zero-order valence-corrected chi connectivity index (χ0v) is 11.9. The summed E-state index contributed by atoms with van der Waals surface area (Å²) in [6, 6.07) is 9.60. The van der Waals surface area contributed by atoms with Crippen molar-refractivity contribution in [1.82, 2.24) is 0 Å². The first-order valence-electron chi connectivity index (χ1n) is 6.70. The first-order chi connectivity index (χ1) is 10.9. The van der Waals surface area contributed by atoms with Crippen LogP contribution in [0.1, 0.15) is 17.9 Å². The number of phenols is 1. The Morgan fingerprint density at radius 1 is 1.17 bits per heavy atom. The fourth-order valence-corrected chi connectivity index (χ4v) is 2.13. The number of amides is 2. The van der Waals surface area contributed by atoms with Crippen molar-refractivity contribution < 1.29 is 23.5 Å². The lowest BCUT2D eigenvalue weighted by atomic mass is 9.94. The molecule has 2 amide bonds. The summed E-state index contributed by atoms with van der Waals surface area (Å²) in [5.41, 5.74) is 5.25. The molecule has 0 radical (unpaired) electrons. The maximum Gasteiger partial charge on any atom is 0.232 e. The number of hydrogen-bond donors (Lipinski definition) is 3. The number of halogens is 2. The summed E-state index contributed by atoms with van der Waals surface area (Å²) < 4.78 is 26.5. The monoisotopic (exact) mass is 320 g/mol. The molecule has 0 aromatic heterocycles. The van der Waals surface area contributed by atoms with Crippen LogP contribution in [0.25, 0.3) is 0 Å². The SMILES string of the molecule is NC(=O)C[C@@H](C(=O)Nc1cc(F)cc(F)c1O)c1ccccc1. The minimum atomic E-state index is -1.20. The molecule has 23 heavy (non-hydrogen) atoms. The predicted octanol–water partition coefficient (Wildman–Crippen LogP) is 2.27. The van der Waals surface area contributed by atoms with Crippen molar-refractivity contribution >= 4 is 17.5 Å². The van der Waals surface area contributed by atoms with Crippen LogP contribution >= 0.6 is 0 Å². The van der Waals surface area contributed by atoms with Crippen LogP contribution in [-0.4, -0.2) is 16.9 Å². The Hall–Kier alpha value is -2.96. The third kappa shape index (κ3) is 4.03. The van der Waals surface area contributed by atoms with Gasteiger partial charge < -0.3 is 16.2 Å². The zero-order valence-electron chi connectivity index (χ0n) is 11.9. The molecule has 2 rings (SSSR count). The fraction of sp³-hybridized carbons (Fsp3) is 0.125. The zero-order chi connectivity index (χ0) is 17.0. The summed E-state index contributed by atoms with van der Waals surface area (Å²) in [5, 5.41) is 11.8. The van der Waals surface area contributed by atoms with Gasteiger partial charge in [-0.1, -0.05) is 30.3 Å². The van der Waals surface area contributed by atoms with Gasteiger partial charge in [-0.25, -0.2) is 8.78 Å². The molecule has 0 aliphatic heterocycles. The summed E-state index contributed by atoms with van der Waals surface area (Å²) in [7, 11) is 0. The van der Waals surface area contributed by atoms with Crippen LogP contribution in [0.5, 0.6) is 5.75 Å².